The molecule has 0 aliphatic heterocycles. The first kappa shape index (κ1) is 15.5. The Kier molecular flexibility index (Phi) is 4.32. The van der Waals surface area contributed by atoms with E-state index in [0.29, 0.717) is 28.6 Å². The van der Waals surface area contributed by atoms with Crippen LogP contribution in [0, 0.1) is 5.21 Å². The van der Waals surface area contributed by atoms with Crippen LogP contribution < -0.4 is 15.8 Å². The van der Waals surface area contributed by atoms with Crippen LogP contribution in [-0.4, -0.2) is 4.98 Å². The molecule has 0 bridgehead atoms. The molecule has 0 radical (unpaired) electrons. The van der Waals surface area contributed by atoms with Crippen molar-refractivity contribution in [2.45, 2.75) is 19.5 Å². The zero-order chi connectivity index (χ0) is 16.4. The number of benzene rings is 1. The van der Waals surface area contributed by atoms with Gasteiger partial charge in [0.1, 0.15) is 12.4 Å². The first-order valence-corrected chi connectivity index (χ1v) is 7.70. The minimum atomic E-state index is -0.191. The molecule has 3 N–H and O–H groups in total. The van der Waals surface area contributed by atoms with Crippen LogP contribution in [0.15, 0.2) is 48.7 Å². The molecule has 0 spiro atoms. The molecule has 0 aliphatic carbocycles. The summed E-state index contributed by atoms with van der Waals surface area (Å²) in [6.07, 6.45) is 1.47. The Morgan fingerprint density at radius 3 is 2.87 bits per heavy atom. The van der Waals surface area contributed by atoms with E-state index < -0.39 is 0 Å². The van der Waals surface area contributed by atoms with Crippen LogP contribution in [0.5, 0.6) is 0 Å². The Labute approximate surface area is 139 Å². The van der Waals surface area contributed by atoms with Crippen LogP contribution in [0.4, 0.5) is 5.82 Å². The third-order valence-corrected chi connectivity index (χ3v) is 3.96. The summed E-state index contributed by atoms with van der Waals surface area (Å²) < 4.78 is 0.826. The molecule has 1 unspecified atom stereocenters. The maximum Gasteiger partial charge on any atom is 0.211 e. The van der Waals surface area contributed by atoms with E-state index in [-0.39, 0.29) is 6.04 Å². The highest BCUT2D eigenvalue weighted by Gasteiger charge is 2.13. The molecular formula is C17H17ClN4O. The lowest BCUT2D eigenvalue weighted by Gasteiger charge is -2.15. The predicted molar refractivity (Wildman–Crippen MR) is 92.1 cm³/mol. The molecule has 6 heteroatoms. The third-order valence-electron chi connectivity index (χ3n) is 3.66. The largest absolute Gasteiger partial charge is 0.618 e. The molecule has 23 heavy (non-hydrogen) atoms. The zero-order valence-corrected chi connectivity index (χ0v) is 13.4. The van der Waals surface area contributed by atoms with Crippen LogP contribution in [-0.2, 0) is 6.54 Å². The first-order chi connectivity index (χ1) is 11.1. The maximum absolute atomic E-state index is 11.7. The number of hydrogen-bond acceptors (Lipinski definition) is 4. The molecular weight excluding hydrogens is 312 g/mol. The number of aromatic nitrogens is 2. The summed E-state index contributed by atoms with van der Waals surface area (Å²) in [6, 6.07) is 12.7. The molecule has 3 aromatic rings. The van der Waals surface area contributed by atoms with Gasteiger partial charge in [0.25, 0.3) is 0 Å². The van der Waals surface area contributed by atoms with Crippen molar-refractivity contribution in [3.63, 3.8) is 0 Å². The molecule has 2 aromatic heterocycles. The average molecular weight is 329 g/mol. The number of nitrogens with one attached hydrogen (secondary N) is 1. The maximum atomic E-state index is 11.7. The third kappa shape index (κ3) is 3.21. The smallest absolute Gasteiger partial charge is 0.211 e. The second-order valence-corrected chi connectivity index (χ2v) is 5.80. The van der Waals surface area contributed by atoms with E-state index in [4.69, 9.17) is 17.3 Å². The van der Waals surface area contributed by atoms with Crippen molar-refractivity contribution in [3.8, 4) is 0 Å². The number of hydrogen-bond donors (Lipinski definition) is 2. The van der Waals surface area contributed by atoms with Crippen molar-refractivity contribution in [1.29, 1.82) is 0 Å². The molecule has 5 nitrogen and oxygen atoms in total. The Morgan fingerprint density at radius 1 is 1.30 bits per heavy atom. The summed E-state index contributed by atoms with van der Waals surface area (Å²) >= 11 is 6.23. The average Bonchev–Trinajstić information content (AvgIpc) is 2.54. The summed E-state index contributed by atoms with van der Waals surface area (Å²) in [7, 11) is 0. The van der Waals surface area contributed by atoms with Gasteiger partial charge in [-0.2, -0.15) is 4.73 Å². The highest BCUT2D eigenvalue weighted by atomic mass is 35.5. The van der Waals surface area contributed by atoms with E-state index >= 15 is 0 Å². The number of halogens is 1. The lowest BCUT2D eigenvalue weighted by atomic mass is 10.1. The van der Waals surface area contributed by atoms with Gasteiger partial charge in [-0.1, -0.05) is 23.7 Å². The molecule has 118 valence electrons. The molecule has 2 heterocycles. The molecule has 3 rings (SSSR count). The number of nitrogens with two attached hydrogens (primary N) is 1. The molecule has 0 fully saturated rings. The minimum Gasteiger partial charge on any atom is -0.618 e. The second kappa shape index (κ2) is 6.40. The monoisotopic (exact) mass is 328 g/mol. The molecule has 0 aliphatic rings. The zero-order valence-electron chi connectivity index (χ0n) is 12.7. The molecule has 0 amide bonds. The van der Waals surface area contributed by atoms with Crippen LogP contribution in [0.2, 0.25) is 5.02 Å². The van der Waals surface area contributed by atoms with E-state index in [1.807, 2.05) is 31.2 Å². The Hall–Kier alpha value is -2.37. The van der Waals surface area contributed by atoms with Gasteiger partial charge < -0.3 is 16.3 Å². The minimum absolute atomic E-state index is 0.191. The van der Waals surface area contributed by atoms with Gasteiger partial charge in [0.2, 0.25) is 5.69 Å². The van der Waals surface area contributed by atoms with Gasteiger partial charge in [-0.25, -0.2) is 4.98 Å². The summed E-state index contributed by atoms with van der Waals surface area (Å²) in [4.78, 5) is 4.61. The van der Waals surface area contributed by atoms with Gasteiger partial charge in [0.15, 0.2) is 6.20 Å². The highest BCUT2D eigenvalue weighted by molar-refractivity contribution is 6.35. The summed E-state index contributed by atoms with van der Waals surface area (Å²) in [5, 5.41) is 16.5. The van der Waals surface area contributed by atoms with Gasteiger partial charge in [0, 0.05) is 29.1 Å². The first-order valence-electron chi connectivity index (χ1n) is 7.32. The molecule has 1 atom stereocenters. The summed E-state index contributed by atoms with van der Waals surface area (Å²) in [5.41, 5.74) is 8.26. The SMILES string of the molecule is CC(N)c1cc2cccc(Cl)c2nc1NCc1cccc[n+]1[O-]. The van der Waals surface area contributed by atoms with Crippen molar-refractivity contribution < 1.29 is 4.73 Å². The quantitative estimate of drug-likeness (QED) is 0.569. The number of nitrogens with zero attached hydrogens (tertiary/aromatic N) is 2. The summed E-state index contributed by atoms with van der Waals surface area (Å²) in [5.74, 6) is 0.643. The predicted octanol–water partition coefficient (Wildman–Crippen LogP) is 3.15. The van der Waals surface area contributed by atoms with E-state index in [2.05, 4.69) is 10.3 Å². The lowest BCUT2D eigenvalue weighted by molar-refractivity contribution is -0.613. The highest BCUT2D eigenvalue weighted by Crippen LogP contribution is 2.28. The lowest BCUT2D eigenvalue weighted by Crippen LogP contribution is -2.32. The van der Waals surface area contributed by atoms with E-state index in [1.54, 1.807) is 18.2 Å². The Balaban J connectivity index is 1.99. The van der Waals surface area contributed by atoms with Gasteiger partial charge >= 0.3 is 0 Å². The van der Waals surface area contributed by atoms with E-state index in [9.17, 15) is 5.21 Å². The number of rotatable bonds is 4. The van der Waals surface area contributed by atoms with Gasteiger partial charge in [0.05, 0.1) is 10.5 Å². The van der Waals surface area contributed by atoms with Gasteiger partial charge in [-0.3, -0.25) is 0 Å². The Bertz CT molecular complexity index is 851. The fourth-order valence-electron chi connectivity index (χ4n) is 2.44. The van der Waals surface area contributed by atoms with Crippen LogP contribution in [0.1, 0.15) is 24.2 Å². The van der Waals surface area contributed by atoms with Crippen LogP contribution in [0.25, 0.3) is 10.9 Å². The van der Waals surface area contributed by atoms with E-state index in [0.717, 1.165) is 15.7 Å². The van der Waals surface area contributed by atoms with Gasteiger partial charge in [-0.15, -0.1) is 0 Å². The second-order valence-electron chi connectivity index (χ2n) is 5.40. The van der Waals surface area contributed by atoms with Gasteiger partial charge in [-0.05, 0) is 25.1 Å². The molecule has 1 aromatic carbocycles. The summed E-state index contributed by atoms with van der Waals surface area (Å²) in [6.45, 7) is 2.25. The topological polar surface area (TPSA) is 77.9 Å². The van der Waals surface area contributed by atoms with Crippen molar-refractivity contribution in [2.24, 2.45) is 5.73 Å². The number of pyridine rings is 2. The standard InChI is InChI=1S/C17H17ClN4O/c1-11(19)14-9-12-5-4-7-15(18)16(12)21-17(14)20-10-13-6-2-3-8-22(13)23/h2-9,11H,10,19H2,1H3,(H,20,21). The van der Waals surface area contributed by atoms with Crippen molar-refractivity contribution in [3.05, 3.63) is 70.1 Å². The fourth-order valence-corrected chi connectivity index (χ4v) is 2.67. The van der Waals surface area contributed by atoms with Crippen LogP contribution >= 0.6 is 11.6 Å². The Morgan fingerprint density at radius 2 is 2.13 bits per heavy atom. The normalized spacial score (nSPS) is 12.3. The van der Waals surface area contributed by atoms with Crippen molar-refractivity contribution in [1.82, 2.24) is 4.98 Å². The molecule has 0 saturated carbocycles. The van der Waals surface area contributed by atoms with Crippen LogP contribution in [0.3, 0.4) is 0 Å². The molecule has 0 saturated heterocycles. The fraction of sp³-hybridized carbons (Fsp3) is 0.176. The number of para-hydroxylation sites is 1. The number of fused-ring (bicyclic) bond motifs is 1. The van der Waals surface area contributed by atoms with E-state index in [1.165, 1.54) is 6.20 Å². The van der Waals surface area contributed by atoms with Crippen molar-refractivity contribution >= 4 is 28.3 Å². The number of anilines is 1. The van der Waals surface area contributed by atoms with Crippen molar-refractivity contribution in [2.75, 3.05) is 5.32 Å².